The van der Waals surface area contributed by atoms with E-state index in [1.54, 1.807) is 25.3 Å². The molecule has 1 amide bonds. The smallest absolute Gasteiger partial charge is 0.290 e. The van der Waals surface area contributed by atoms with Gasteiger partial charge in [0.05, 0.1) is 19.2 Å². The van der Waals surface area contributed by atoms with Crippen molar-refractivity contribution in [3.63, 3.8) is 0 Å². The predicted molar refractivity (Wildman–Crippen MR) is 99.0 cm³/mol. The van der Waals surface area contributed by atoms with Crippen LogP contribution in [0.15, 0.2) is 42.5 Å². The molecule has 28 heavy (non-hydrogen) atoms. The number of nitrogens with one attached hydrogen (secondary N) is 3. The van der Waals surface area contributed by atoms with Gasteiger partial charge in [-0.3, -0.25) is 10.1 Å². The van der Waals surface area contributed by atoms with Crippen LogP contribution in [0.1, 0.15) is 15.9 Å². The van der Waals surface area contributed by atoms with Crippen LogP contribution in [-0.2, 0) is 0 Å². The maximum Gasteiger partial charge on any atom is 0.290 e. The second-order valence-electron chi connectivity index (χ2n) is 5.93. The minimum atomic E-state index is -0.922. The molecule has 0 aliphatic carbocycles. The standard InChI is InChI=1S/C20H16F2N4O2/c1-28-15-4-2-12-8-13(11-23)19(26-18(12)10-15)24-6-7-25-20(27)16-5-3-14(21)9-17(16)22/h2-5,8-10H,6-7H2,1H3,(H,24,26)(H,25,27)/p+1. The van der Waals surface area contributed by atoms with Crippen molar-refractivity contribution in [2.45, 2.75) is 0 Å². The molecule has 3 rings (SSSR count). The van der Waals surface area contributed by atoms with Gasteiger partial charge in [0, 0.05) is 17.5 Å². The van der Waals surface area contributed by atoms with E-state index >= 15 is 0 Å². The number of aromatic nitrogens is 1. The number of carbonyl (C=O) groups is 1. The number of fused-ring (bicyclic) bond motifs is 1. The van der Waals surface area contributed by atoms with Gasteiger partial charge in [0.1, 0.15) is 41.1 Å². The van der Waals surface area contributed by atoms with Gasteiger partial charge in [0.15, 0.2) is 0 Å². The molecule has 3 N–H and O–H groups in total. The van der Waals surface area contributed by atoms with E-state index in [1.165, 1.54) is 0 Å². The van der Waals surface area contributed by atoms with Gasteiger partial charge in [0.25, 0.3) is 11.7 Å². The fraction of sp³-hybridized carbons (Fsp3) is 0.150. The molecule has 0 bridgehead atoms. The van der Waals surface area contributed by atoms with Crippen molar-refractivity contribution < 1.29 is 23.3 Å². The van der Waals surface area contributed by atoms with Crippen LogP contribution in [0.3, 0.4) is 0 Å². The van der Waals surface area contributed by atoms with Gasteiger partial charge < -0.3 is 10.1 Å². The van der Waals surface area contributed by atoms with Crippen molar-refractivity contribution in [2.75, 3.05) is 25.5 Å². The molecule has 0 radical (unpaired) electrons. The van der Waals surface area contributed by atoms with Crippen LogP contribution in [0.5, 0.6) is 5.75 Å². The molecule has 0 aliphatic rings. The van der Waals surface area contributed by atoms with Crippen molar-refractivity contribution in [2.24, 2.45) is 0 Å². The molecule has 1 heterocycles. The summed E-state index contributed by atoms with van der Waals surface area (Å²) in [5, 5.41) is 15.8. The van der Waals surface area contributed by atoms with E-state index in [0.717, 1.165) is 23.0 Å². The van der Waals surface area contributed by atoms with Gasteiger partial charge in [-0.2, -0.15) is 5.26 Å². The zero-order valence-corrected chi connectivity index (χ0v) is 15.0. The zero-order valence-electron chi connectivity index (χ0n) is 15.0. The summed E-state index contributed by atoms with van der Waals surface area (Å²) < 4.78 is 31.7. The van der Waals surface area contributed by atoms with E-state index in [-0.39, 0.29) is 18.7 Å². The lowest BCUT2D eigenvalue weighted by atomic mass is 10.1. The summed E-state index contributed by atoms with van der Waals surface area (Å²) in [6.07, 6.45) is 0. The Bertz CT molecular complexity index is 1080. The fourth-order valence-electron chi connectivity index (χ4n) is 2.69. The summed E-state index contributed by atoms with van der Waals surface area (Å²) >= 11 is 0. The lowest BCUT2D eigenvalue weighted by Crippen LogP contribution is -2.30. The van der Waals surface area contributed by atoms with Crippen LogP contribution in [0.4, 0.5) is 14.6 Å². The van der Waals surface area contributed by atoms with E-state index in [9.17, 15) is 18.8 Å². The molecule has 0 saturated heterocycles. The lowest BCUT2D eigenvalue weighted by Gasteiger charge is -2.07. The molecule has 8 heteroatoms. The number of nitrogens with zero attached hydrogens (tertiary/aromatic N) is 1. The number of ether oxygens (including phenoxy) is 1. The van der Waals surface area contributed by atoms with Crippen LogP contribution in [0.25, 0.3) is 10.9 Å². The number of carbonyl (C=O) groups excluding carboxylic acids is 1. The summed E-state index contributed by atoms with van der Waals surface area (Å²) in [7, 11) is 1.57. The van der Waals surface area contributed by atoms with Crippen LogP contribution >= 0.6 is 0 Å². The van der Waals surface area contributed by atoms with Crippen LogP contribution < -0.4 is 20.4 Å². The molecular weight excluding hydrogens is 366 g/mol. The van der Waals surface area contributed by atoms with E-state index in [1.807, 2.05) is 6.07 Å². The highest BCUT2D eigenvalue weighted by atomic mass is 19.1. The number of pyridine rings is 1. The van der Waals surface area contributed by atoms with Crippen molar-refractivity contribution in [3.05, 3.63) is 65.2 Å². The summed E-state index contributed by atoms with van der Waals surface area (Å²) in [5.41, 5.74) is 0.954. The number of methoxy groups -OCH3 is 1. The van der Waals surface area contributed by atoms with E-state index in [4.69, 9.17) is 4.74 Å². The summed E-state index contributed by atoms with van der Waals surface area (Å²) in [5.74, 6) is -1.15. The Hall–Kier alpha value is -3.73. The van der Waals surface area contributed by atoms with Crippen molar-refractivity contribution >= 4 is 22.6 Å². The molecule has 0 unspecified atom stereocenters. The number of aromatic amines is 1. The topological polar surface area (TPSA) is 88.3 Å². The van der Waals surface area contributed by atoms with Gasteiger partial charge in [-0.15, -0.1) is 0 Å². The number of hydrogen-bond acceptors (Lipinski definition) is 4. The largest absolute Gasteiger partial charge is 0.497 e. The number of anilines is 1. The van der Waals surface area contributed by atoms with Gasteiger partial charge in [-0.05, 0) is 30.3 Å². The maximum absolute atomic E-state index is 13.6. The first-order valence-electron chi connectivity index (χ1n) is 8.43. The monoisotopic (exact) mass is 383 g/mol. The van der Waals surface area contributed by atoms with Gasteiger partial charge in [-0.1, -0.05) is 0 Å². The molecule has 0 atom stereocenters. The third-order valence-corrected chi connectivity index (χ3v) is 4.10. The molecular formula is C20H17F2N4O2+. The third-order valence-electron chi connectivity index (χ3n) is 4.10. The molecule has 0 spiro atoms. The number of rotatable bonds is 6. The highest BCUT2D eigenvalue weighted by Gasteiger charge is 2.15. The van der Waals surface area contributed by atoms with Crippen molar-refractivity contribution in [3.8, 4) is 11.8 Å². The van der Waals surface area contributed by atoms with Gasteiger partial charge in [0.2, 0.25) is 0 Å². The first-order valence-corrected chi connectivity index (χ1v) is 8.43. The molecule has 6 nitrogen and oxygen atoms in total. The summed E-state index contributed by atoms with van der Waals surface area (Å²) in [6.45, 7) is 0.458. The zero-order chi connectivity index (χ0) is 20.1. The number of halogens is 2. The van der Waals surface area contributed by atoms with E-state index < -0.39 is 17.5 Å². The first-order chi connectivity index (χ1) is 13.5. The molecule has 0 saturated carbocycles. The molecule has 1 aromatic heterocycles. The molecule has 142 valence electrons. The Labute approximate surface area is 159 Å². The Morgan fingerprint density at radius 2 is 2.00 bits per heavy atom. The number of hydrogen-bond donors (Lipinski definition) is 2. The highest BCUT2D eigenvalue weighted by Crippen LogP contribution is 2.20. The average molecular weight is 383 g/mol. The average Bonchev–Trinajstić information content (AvgIpc) is 2.69. The Balaban J connectivity index is 1.66. The van der Waals surface area contributed by atoms with Crippen molar-refractivity contribution in [1.29, 1.82) is 5.26 Å². The SMILES string of the molecule is COc1ccc2cc(C#N)c(NCCNC(=O)c3ccc(F)cc3F)[nH+]c2c1. The fourth-order valence-corrected chi connectivity index (χ4v) is 2.69. The van der Waals surface area contributed by atoms with E-state index in [2.05, 4.69) is 21.7 Å². The molecule has 0 aliphatic heterocycles. The molecule has 2 aromatic carbocycles. The third kappa shape index (κ3) is 4.15. The summed E-state index contributed by atoms with van der Waals surface area (Å²) in [6, 6.07) is 12.1. The minimum absolute atomic E-state index is 0.171. The summed E-state index contributed by atoms with van der Waals surface area (Å²) in [4.78, 5) is 15.1. The van der Waals surface area contributed by atoms with Crippen molar-refractivity contribution in [1.82, 2.24) is 5.32 Å². The molecule has 0 fully saturated rings. The van der Waals surface area contributed by atoms with Crippen LogP contribution in [0, 0.1) is 23.0 Å². The molecule has 3 aromatic rings. The maximum atomic E-state index is 13.6. The number of amides is 1. The highest BCUT2D eigenvalue weighted by molar-refractivity contribution is 5.94. The Morgan fingerprint density at radius 1 is 1.18 bits per heavy atom. The van der Waals surface area contributed by atoms with Gasteiger partial charge >= 0.3 is 0 Å². The van der Waals surface area contributed by atoms with Gasteiger partial charge in [-0.25, -0.2) is 13.8 Å². The number of nitriles is 1. The lowest BCUT2D eigenvalue weighted by molar-refractivity contribution is -0.327. The minimum Gasteiger partial charge on any atom is -0.497 e. The Kier molecular flexibility index (Phi) is 5.65. The quantitative estimate of drug-likeness (QED) is 0.641. The number of benzene rings is 2. The van der Waals surface area contributed by atoms with Crippen LogP contribution in [-0.4, -0.2) is 26.1 Å². The second-order valence-corrected chi connectivity index (χ2v) is 5.93. The number of H-pyrrole nitrogens is 1. The second kappa shape index (κ2) is 8.31. The van der Waals surface area contributed by atoms with E-state index in [0.29, 0.717) is 23.2 Å². The Morgan fingerprint density at radius 3 is 2.71 bits per heavy atom. The van der Waals surface area contributed by atoms with Crippen LogP contribution in [0.2, 0.25) is 0 Å². The predicted octanol–water partition coefficient (Wildman–Crippen LogP) is 2.65. The normalized spacial score (nSPS) is 10.4. The first kappa shape index (κ1) is 19.0.